The van der Waals surface area contributed by atoms with Crippen molar-refractivity contribution in [2.45, 2.75) is 52.5 Å². The van der Waals surface area contributed by atoms with Crippen molar-refractivity contribution in [2.75, 3.05) is 19.6 Å². The van der Waals surface area contributed by atoms with Gasteiger partial charge < -0.3 is 9.47 Å². The summed E-state index contributed by atoms with van der Waals surface area (Å²) >= 11 is 0. The molecule has 0 N–H and O–H groups in total. The highest BCUT2D eigenvalue weighted by Gasteiger charge is 2.12. The Kier molecular flexibility index (Phi) is 7.34. The van der Waals surface area contributed by atoms with Gasteiger partial charge in [0, 0.05) is 13.0 Å². The van der Waals surface area contributed by atoms with E-state index in [1.54, 1.807) is 6.33 Å². The number of nitrogens with zero attached hydrogens (tertiary/aromatic N) is 5. The predicted molar refractivity (Wildman–Crippen MR) is 111 cm³/mol. The van der Waals surface area contributed by atoms with Gasteiger partial charge in [-0.15, -0.1) is 0 Å². The van der Waals surface area contributed by atoms with Crippen molar-refractivity contribution >= 4 is 11.2 Å². The number of aromatic nitrogens is 4. The molecule has 2 heterocycles. The van der Waals surface area contributed by atoms with Crippen molar-refractivity contribution in [3.63, 3.8) is 0 Å². The largest absolute Gasteiger partial charge is 0.311 e. The van der Waals surface area contributed by atoms with Crippen LogP contribution in [0.3, 0.4) is 0 Å². The zero-order valence-corrected chi connectivity index (χ0v) is 16.6. The zero-order chi connectivity index (χ0) is 18.9. The SMILES string of the molecule is CCCCN(CCCC)CCc1ncnc2c1ncn2Cc1ccccc1. The highest BCUT2D eigenvalue weighted by molar-refractivity contribution is 5.73. The van der Waals surface area contributed by atoms with Crippen LogP contribution in [0.15, 0.2) is 43.0 Å². The van der Waals surface area contributed by atoms with Gasteiger partial charge in [0.15, 0.2) is 5.65 Å². The second kappa shape index (κ2) is 10.2. The van der Waals surface area contributed by atoms with E-state index in [0.717, 1.165) is 36.4 Å². The highest BCUT2D eigenvalue weighted by atomic mass is 15.1. The summed E-state index contributed by atoms with van der Waals surface area (Å²) in [5.41, 5.74) is 4.18. The third-order valence-corrected chi connectivity index (χ3v) is 4.99. The Bertz CT molecular complexity index is 804. The predicted octanol–water partition coefficient (Wildman–Crippen LogP) is 4.32. The quantitative estimate of drug-likeness (QED) is 0.508. The summed E-state index contributed by atoms with van der Waals surface area (Å²) in [7, 11) is 0. The lowest BCUT2D eigenvalue weighted by Gasteiger charge is -2.21. The van der Waals surface area contributed by atoms with Crippen LogP contribution >= 0.6 is 0 Å². The molecule has 0 saturated carbocycles. The molecular formula is C22H31N5. The van der Waals surface area contributed by atoms with E-state index in [2.05, 4.69) is 62.5 Å². The van der Waals surface area contributed by atoms with Gasteiger partial charge in [0.05, 0.1) is 18.6 Å². The van der Waals surface area contributed by atoms with E-state index in [9.17, 15) is 0 Å². The van der Waals surface area contributed by atoms with Crippen LogP contribution in [0, 0.1) is 0 Å². The zero-order valence-electron chi connectivity index (χ0n) is 16.6. The van der Waals surface area contributed by atoms with E-state index < -0.39 is 0 Å². The molecule has 27 heavy (non-hydrogen) atoms. The molecule has 0 aliphatic carbocycles. The van der Waals surface area contributed by atoms with Crippen LogP contribution in [0.2, 0.25) is 0 Å². The monoisotopic (exact) mass is 365 g/mol. The van der Waals surface area contributed by atoms with Gasteiger partial charge in [0.1, 0.15) is 11.8 Å². The lowest BCUT2D eigenvalue weighted by Crippen LogP contribution is -2.28. The van der Waals surface area contributed by atoms with Gasteiger partial charge in [-0.1, -0.05) is 57.0 Å². The number of fused-ring (bicyclic) bond motifs is 1. The molecule has 3 aromatic rings. The van der Waals surface area contributed by atoms with Gasteiger partial charge >= 0.3 is 0 Å². The molecule has 0 saturated heterocycles. The van der Waals surface area contributed by atoms with Gasteiger partial charge in [-0.05, 0) is 31.5 Å². The number of unbranched alkanes of at least 4 members (excludes halogenated alkanes) is 2. The summed E-state index contributed by atoms with van der Waals surface area (Å²) in [6.07, 6.45) is 9.50. The van der Waals surface area contributed by atoms with Crippen LogP contribution in [0.5, 0.6) is 0 Å². The van der Waals surface area contributed by atoms with Crippen molar-refractivity contribution in [1.29, 1.82) is 0 Å². The molecule has 0 bridgehead atoms. The maximum Gasteiger partial charge on any atom is 0.163 e. The number of hydrogen-bond acceptors (Lipinski definition) is 4. The second-order valence-corrected chi connectivity index (χ2v) is 7.15. The Hall–Kier alpha value is -2.27. The minimum Gasteiger partial charge on any atom is -0.311 e. The summed E-state index contributed by atoms with van der Waals surface area (Å²) < 4.78 is 2.11. The molecule has 1 aromatic carbocycles. The first-order chi connectivity index (χ1) is 13.3. The topological polar surface area (TPSA) is 46.8 Å². The van der Waals surface area contributed by atoms with E-state index in [0.29, 0.717) is 0 Å². The summed E-state index contributed by atoms with van der Waals surface area (Å²) in [6.45, 7) is 8.68. The molecular weight excluding hydrogens is 334 g/mol. The first-order valence-corrected chi connectivity index (χ1v) is 10.2. The van der Waals surface area contributed by atoms with Crippen LogP contribution < -0.4 is 0 Å². The molecule has 0 spiro atoms. The fraction of sp³-hybridized carbons (Fsp3) is 0.500. The maximum absolute atomic E-state index is 4.64. The van der Waals surface area contributed by atoms with Gasteiger partial charge in [-0.3, -0.25) is 0 Å². The van der Waals surface area contributed by atoms with Crippen molar-refractivity contribution in [3.8, 4) is 0 Å². The molecule has 144 valence electrons. The Balaban J connectivity index is 1.71. The third kappa shape index (κ3) is 5.36. The molecule has 5 heteroatoms. The van der Waals surface area contributed by atoms with Crippen molar-refractivity contribution in [2.24, 2.45) is 0 Å². The van der Waals surface area contributed by atoms with Crippen LogP contribution in [0.4, 0.5) is 0 Å². The molecule has 0 unspecified atom stereocenters. The Morgan fingerprint density at radius 3 is 2.33 bits per heavy atom. The molecule has 0 atom stereocenters. The summed E-state index contributed by atoms with van der Waals surface area (Å²) in [5.74, 6) is 0. The minimum absolute atomic E-state index is 0.785. The van der Waals surface area contributed by atoms with Crippen LogP contribution in [0.1, 0.15) is 50.8 Å². The van der Waals surface area contributed by atoms with E-state index in [1.165, 1.54) is 44.3 Å². The third-order valence-electron chi connectivity index (χ3n) is 4.99. The fourth-order valence-corrected chi connectivity index (χ4v) is 3.37. The molecule has 2 aromatic heterocycles. The maximum atomic E-state index is 4.64. The van der Waals surface area contributed by atoms with E-state index in [1.807, 2.05) is 12.4 Å². The fourth-order valence-electron chi connectivity index (χ4n) is 3.37. The summed E-state index contributed by atoms with van der Waals surface area (Å²) in [4.78, 5) is 16.3. The lowest BCUT2D eigenvalue weighted by molar-refractivity contribution is 0.268. The molecule has 5 nitrogen and oxygen atoms in total. The summed E-state index contributed by atoms with van der Waals surface area (Å²) in [6, 6.07) is 10.4. The van der Waals surface area contributed by atoms with Crippen molar-refractivity contribution in [1.82, 2.24) is 24.4 Å². The smallest absolute Gasteiger partial charge is 0.163 e. The standard InChI is InChI=1S/C22H31N5/c1-3-5-13-26(14-6-4-2)15-12-20-21-22(24-17-23-20)27(18-25-21)16-19-10-8-7-9-11-19/h7-11,17-18H,3-6,12-16H2,1-2H3. The van der Waals surface area contributed by atoms with Gasteiger partial charge in [0.25, 0.3) is 0 Å². The molecule has 3 rings (SSSR count). The minimum atomic E-state index is 0.785. The van der Waals surface area contributed by atoms with Gasteiger partial charge in [-0.25, -0.2) is 15.0 Å². The summed E-state index contributed by atoms with van der Waals surface area (Å²) in [5, 5.41) is 0. The van der Waals surface area contributed by atoms with Gasteiger partial charge in [-0.2, -0.15) is 0 Å². The van der Waals surface area contributed by atoms with Crippen LogP contribution in [-0.2, 0) is 13.0 Å². The lowest BCUT2D eigenvalue weighted by atomic mass is 10.2. The van der Waals surface area contributed by atoms with E-state index >= 15 is 0 Å². The second-order valence-electron chi connectivity index (χ2n) is 7.15. The molecule has 0 fully saturated rings. The van der Waals surface area contributed by atoms with Crippen molar-refractivity contribution in [3.05, 3.63) is 54.2 Å². The normalized spacial score (nSPS) is 11.5. The first-order valence-electron chi connectivity index (χ1n) is 10.2. The number of benzene rings is 1. The van der Waals surface area contributed by atoms with Gasteiger partial charge in [0.2, 0.25) is 0 Å². The Morgan fingerprint density at radius 1 is 0.889 bits per heavy atom. The number of hydrogen-bond donors (Lipinski definition) is 0. The van der Waals surface area contributed by atoms with Crippen LogP contribution in [-0.4, -0.2) is 44.1 Å². The van der Waals surface area contributed by atoms with E-state index in [-0.39, 0.29) is 0 Å². The molecule has 0 radical (unpaired) electrons. The van der Waals surface area contributed by atoms with E-state index in [4.69, 9.17) is 0 Å². The Morgan fingerprint density at radius 2 is 1.63 bits per heavy atom. The molecule has 0 aliphatic rings. The van der Waals surface area contributed by atoms with Crippen LogP contribution in [0.25, 0.3) is 11.2 Å². The molecule has 0 amide bonds. The number of rotatable bonds is 11. The molecule has 0 aliphatic heterocycles. The first kappa shape index (κ1) is 19.5. The highest BCUT2D eigenvalue weighted by Crippen LogP contribution is 2.16. The Labute approximate surface area is 162 Å². The van der Waals surface area contributed by atoms with Crippen molar-refractivity contribution < 1.29 is 0 Å². The average molecular weight is 366 g/mol. The average Bonchev–Trinajstić information content (AvgIpc) is 3.12. The number of imidazole rings is 1.